The summed E-state index contributed by atoms with van der Waals surface area (Å²) in [7, 11) is 0. The first kappa shape index (κ1) is 25.0. The number of fused-ring (bicyclic) bond motifs is 1. The maximum atomic E-state index is 12.8. The van der Waals surface area contributed by atoms with Gasteiger partial charge in [-0.3, -0.25) is 4.79 Å². The fourth-order valence-corrected chi connectivity index (χ4v) is 4.64. The highest BCUT2D eigenvalue weighted by Crippen LogP contribution is 2.32. The number of amides is 1. The molecule has 2 N–H and O–H groups in total. The third-order valence-corrected chi connectivity index (χ3v) is 6.55. The first-order chi connectivity index (χ1) is 17.8. The molecule has 2 atom stereocenters. The van der Waals surface area contributed by atoms with E-state index >= 15 is 0 Å². The van der Waals surface area contributed by atoms with Crippen molar-refractivity contribution in [3.05, 3.63) is 35.9 Å². The van der Waals surface area contributed by atoms with E-state index in [0.29, 0.717) is 62.4 Å². The minimum atomic E-state index is -3.08. The Morgan fingerprint density at radius 2 is 1.73 bits per heavy atom. The van der Waals surface area contributed by atoms with Crippen molar-refractivity contribution >= 4 is 28.7 Å². The Morgan fingerprint density at radius 1 is 1.03 bits per heavy atom. The monoisotopic (exact) mass is 514 g/mol. The van der Waals surface area contributed by atoms with Crippen molar-refractivity contribution < 1.29 is 27.8 Å². The summed E-state index contributed by atoms with van der Waals surface area (Å²) in [6.45, 7) is 4.71. The number of hydrogen-bond donors (Lipinski definition) is 1. The van der Waals surface area contributed by atoms with Crippen molar-refractivity contribution in [2.75, 3.05) is 49.3 Å². The Labute approximate surface area is 212 Å². The van der Waals surface area contributed by atoms with E-state index in [-0.39, 0.29) is 23.4 Å². The number of ether oxygens (including phenoxy) is 3. The lowest BCUT2D eigenvalue weighted by Crippen LogP contribution is -2.46. The largest absolute Gasteiger partial charge is 0.434 e. The van der Waals surface area contributed by atoms with Crippen LogP contribution in [0.1, 0.15) is 24.2 Å². The molecule has 10 nitrogen and oxygen atoms in total. The highest BCUT2D eigenvalue weighted by atomic mass is 19.3. The fraction of sp³-hybridized carbons (Fsp3) is 0.440. The van der Waals surface area contributed by atoms with Gasteiger partial charge in [0.25, 0.3) is 5.91 Å². The van der Waals surface area contributed by atoms with Gasteiger partial charge in [-0.25, -0.2) is 4.98 Å². The van der Waals surface area contributed by atoms with Crippen molar-refractivity contribution in [1.29, 1.82) is 0 Å². The molecule has 0 radical (unpaired) electrons. The van der Waals surface area contributed by atoms with Crippen molar-refractivity contribution in [3.63, 3.8) is 0 Å². The molecule has 1 aromatic carbocycles. The zero-order chi connectivity index (χ0) is 26.1. The van der Waals surface area contributed by atoms with Gasteiger partial charge in [-0.15, -0.1) is 0 Å². The average Bonchev–Trinajstić information content (AvgIpc) is 2.88. The van der Waals surface area contributed by atoms with Crippen LogP contribution in [-0.4, -0.2) is 79.1 Å². The highest BCUT2D eigenvalue weighted by molar-refractivity contribution is 5.97. The molecule has 2 aromatic heterocycles. The van der Waals surface area contributed by atoms with E-state index in [9.17, 15) is 13.6 Å². The number of nitrogens with two attached hydrogens (primary N) is 1. The molecule has 2 fully saturated rings. The number of carbonyl (C=O) groups excluding carboxylic acids is 1. The van der Waals surface area contributed by atoms with Gasteiger partial charge in [-0.2, -0.15) is 18.7 Å². The van der Waals surface area contributed by atoms with E-state index in [1.54, 1.807) is 12.1 Å². The molecule has 0 bridgehead atoms. The molecule has 1 amide bonds. The normalized spacial score (nSPS) is 20.5. The molecule has 0 spiro atoms. The summed E-state index contributed by atoms with van der Waals surface area (Å²) in [5.74, 6) is 0.154. The van der Waals surface area contributed by atoms with Crippen LogP contribution in [-0.2, 0) is 9.47 Å². The second kappa shape index (κ2) is 10.4. The van der Waals surface area contributed by atoms with Gasteiger partial charge in [0.2, 0.25) is 5.95 Å². The summed E-state index contributed by atoms with van der Waals surface area (Å²) >= 11 is 0. The molecular formula is C25H28F2N6O4. The van der Waals surface area contributed by atoms with Crippen LogP contribution < -0.4 is 20.3 Å². The first-order valence-corrected chi connectivity index (χ1v) is 12.1. The molecule has 0 unspecified atom stereocenters. The standard InChI is InChI=1S/C25H28F2N6O4/c1-14-12-35-9-7-32(14)23-17-4-5-19(16-3-6-20(37-24(26)27)18(11-16)21(28)34)29-22(17)30-25(31-23)33-8-10-36-13-15(33)2/h3-6,11,14-15,24H,7-10,12-13H2,1-2H3,(H2,28,34)/t14-,15-/m0/s1. The maximum absolute atomic E-state index is 12.8. The van der Waals surface area contributed by atoms with Crippen molar-refractivity contribution in [2.24, 2.45) is 5.73 Å². The van der Waals surface area contributed by atoms with Crippen LogP contribution in [0.3, 0.4) is 0 Å². The van der Waals surface area contributed by atoms with Gasteiger partial charge in [-0.05, 0) is 44.2 Å². The van der Waals surface area contributed by atoms with Gasteiger partial charge in [0.05, 0.1) is 55.2 Å². The Bertz CT molecular complexity index is 1310. The Morgan fingerprint density at radius 3 is 2.38 bits per heavy atom. The lowest BCUT2D eigenvalue weighted by Gasteiger charge is -2.37. The number of aromatic nitrogens is 3. The van der Waals surface area contributed by atoms with Gasteiger partial charge < -0.3 is 29.7 Å². The summed E-state index contributed by atoms with van der Waals surface area (Å²) < 4.78 is 41.2. The summed E-state index contributed by atoms with van der Waals surface area (Å²) in [5, 5.41) is 0.773. The van der Waals surface area contributed by atoms with E-state index in [2.05, 4.69) is 28.4 Å². The number of pyridine rings is 1. The minimum Gasteiger partial charge on any atom is -0.434 e. The first-order valence-electron chi connectivity index (χ1n) is 12.1. The molecule has 4 heterocycles. The predicted molar refractivity (Wildman–Crippen MR) is 133 cm³/mol. The van der Waals surface area contributed by atoms with Crippen molar-refractivity contribution in [1.82, 2.24) is 15.0 Å². The smallest absolute Gasteiger partial charge is 0.387 e. The fourth-order valence-electron chi connectivity index (χ4n) is 4.64. The summed E-state index contributed by atoms with van der Waals surface area (Å²) in [4.78, 5) is 30.8. The van der Waals surface area contributed by atoms with Gasteiger partial charge in [0, 0.05) is 18.7 Å². The predicted octanol–water partition coefficient (Wildman–Crippen LogP) is 2.84. The van der Waals surface area contributed by atoms with E-state index in [0.717, 1.165) is 11.2 Å². The second-order valence-corrected chi connectivity index (χ2v) is 9.10. The zero-order valence-corrected chi connectivity index (χ0v) is 20.6. The van der Waals surface area contributed by atoms with Gasteiger partial charge in [0.15, 0.2) is 5.65 Å². The van der Waals surface area contributed by atoms with Crippen LogP contribution in [0.25, 0.3) is 22.3 Å². The summed E-state index contributed by atoms with van der Waals surface area (Å²) in [5.41, 5.74) is 6.75. The molecule has 2 aliphatic heterocycles. The topological polar surface area (TPSA) is 116 Å². The molecule has 0 saturated carbocycles. The quantitative estimate of drug-likeness (QED) is 0.530. The molecule has 2 aliphatic rings. The van der Waals surface area contributed by atoms with E-state index in [4.69, 9.17) is 30.2 Å². The van der Waals surface area contributed by atoms with E-state index in [1.165, 1.54) is 12.1 Å². The number of halogens is 2. The van der Waals surface area contributed by atoms with Gasteiger partial charge in [-0.1, -0.05) is 0 Å². The van der Waals surface area contributed by atoms with E-state index in [1.807, 2.05) is 6.07 Å². The molecule has 0 aliphatic carbocycles. The minimum absolute atomic E-state index is 0.0878. The maximum Gasteiger partial charge on any atom is 0.387 e. The molecule has 3 aromatic rings. The average molecular weight is 515 g/mol. The Hall–Kier alpha value is -3.64. The van der Waals surface area contributed by atoms with Crippen LogP contribution in [0.4, 0.5) is 20.5 Å². The number of primary amides is 1. The molecule has 2 saturated heterocycles. The molecule has 12 heteroatoms. The van der Waals surface area contributed by atoms with Gasteiger partial charge in [0.1, 0.15) is 11.6 Å². The van der Waals surface area contributed by atoms with Crippen LogP contribution >= 0.6 is 0 Å². The summed E-state index contributed by atoms with van der Waals surface area (Å²) in [6.07, 6.45) is 0. The number of rotatable bonds is 6. The number of benzene rings is 1. The molecule has 5 rings (SSSR count). The molecule has 196 valence electrons. The van der Waals surface area contributed by atoms with Crippen LogP contribution in [0.5, 0.6) is 5.75 Å². The zero-order valence-electron chi connectivity index (χ0n) is 20.6. The van der Waals surface area contributed by atoms with Crippen LogP contribution in [0, 0.1) is 0 Å². The molecule has 37 heavy (non-hydrogen) atoms. The van der Waals surface area contributed by atoms with Crippen molar-refractivity contribution in [2.45, 2.75) is 32.5 Å². The SMILES string of the molecule is C[C@H]1COCCN1c1nc(N2CCOC[C@@H]2C)c2ccc(-c3ccc(OC(F)F)c(C(N)=O)c3)nc2n1. The van der Waals surface area contributed by atoms with Crippen LogP contribution in [0.2, 0.25) is 0 Å². The second-order valence-electron chi connectivity index (χ2n) is 9.10. The van der Waals surface area contributed by atoms with Gasteiger partial charge >= 0.3 is 6.61 Å². The Kier molecular flexibility index (Phi) is 7.02. The number of hydrogen-bond acceptors (Lipinski definition) is 9. The molecular weight excluding hydrogens is 486 g/mol. The van der Waals surface area contributed by atoms with Crippen molar-refractivity contribution in [3.8, 4) is 17.0 Å². The lowest BCUT2D eigenvalue weighted by molar-refractivity contribution is -0.0501. The summed E-state index contributed by atoms with van der Waals surface area (Å²) in [6, 6.07) is 8.10. The third kappa shape index (κ3) is 5.12. The number of nitrogens with zero attached hydrogens (tertiary/aromatic N) is 5. The number of morpholine rings is 2. The number of carbonyl (C=O) groups is 1. The lowest BCUT2D eigenvalue weighted by atomic mass is 10.1. The van der Waals surface area contributed by atoms with Crippen LogP contribution in [0.15, 0.2) is 30.3 Å². The number of alkyl halides is 2. The van der Waals surface area contributed by atoms with E-state index < -0.39 is 12.5 Å². The highest BCUT2D eigenvalue weighted by Gasteiger charge is 2.27. The Balaban J connectivity index is 1.62. The number of anilines is 2. The third-order valence-electron chi connectivity index (χ3n) is 6.55.